The molecule has 0 amide bonds. The van der Waals surface area contributed by atoms with E-state index in [4.69, 9.17) is 4.74 Å². The average molecular weight is 440 g/mol. The third-order valence-corrected chi connectivity index (χ3v) is 7.16. The lowest BCUT2D eigenvalue weighted by Crippen LogP contribution is -2.49. The fourth-order valence-corrected chi connectivity index (χ4v) is 5.06. The van der Waals surface area contributed by atoms with E-state index >= 15 is 0 Å². The molecule has 4 rings (SSSR count). The Labute approximate surface area is 182 Å². The van der Waals surface area contributed by atoms with Crippen LogP contribution in [0.3, 0.4) is 0 Å². The highest BCUT2D eigenvalue weighted by Crippen LogP contribution is 2.25. The lowest BCUT2D eigenvalue weighted by atomic mass is 10.2. The maximum atomic E-state index is 13.0. The summed E-state index contributed by atoms with van der Waals surface area (Å²) in [5, 5.41) is 11.8. The molecule has 1 aromatic heterocycles. The Morgan fingerprint density at radius 2 is 1.68 bits per heavy atom. The van der Waals surface area contributed by atoms with Gasteiger partial charge in [0.25, 0.3) is 0 Å². The van der Waals surface area contributed by atoms with E-state index in [1.54, 1.807) is 25.3 Å². The number of methoxy groups -OCH3 is 1. The summed E-state index contributed by atoms with van der Waals surface area (Å²) in [5.41, 5.74) is 1.74. The SMILES string of the molecule is COc1ccc(S(=O)(=O)N2CCN(c3ccc(Nc4ccccc4)nn3)CC2)cc1C. The van der Waals surface area contributed by atoms with Crippen LogP contribution in [0.2, 0.25) is 0 Å². The van der Waals surface area contributed by atoms with Crippen LogP contribution in [0.4, 0.5) is 17.3 Å². The minimum Gasteiger partial charge on any atom is -0.496 e. The Bertz CT molecular complexity index is 1130. The van der Waals surface area contributed by atoms with Gasteiger partial charge in [0.1, 0.15) is 5.75 Å². The largest absolute Gasteiger partial charge is 0.496 e. The van der Waals surface area contributed by atoms with Crippen molar-refractivity contribution in [2.24, 2.45) is 0 Å². The number of aryl methyl sites for hydroxylation is 1. The normalized spacial score (nSPS) is 15.0. The number of hydrogen-bond donors (Lipinski definition) is 1. The summed E-state index contributed by atoms with van der Waals surface area (Å²) in [4.78, 5) is 2.33. The fourth-order valence-electron chi connectivity index (χ4n) is 3.55. The second-order valence-electron chi connectivity index (χ2n) is 7.29. The van der Waals surface area contributed by atoms with Crippen molar-refractivity contribution in [2.45, 2.75) is 11.8 Å². The number of para-hydroxylation sites is 1. The highest BCUT2D eigenvalue weighted by molar-refractivity contribution is 7.89. The molecular formula is C22H25N5O3S. The number of aromatic nitrogens is 2. The van der Waals surface area contributed by atoms with Gasteiger partial charge in [-0.25, -0.2) is 8.42 Å². The van der Waals surface area contributed by atoms with Crippen LogP contribution >= 0.6 is 0 Å². The van der Waals surface area contributed by atoms with Crippen molar-refractivity contribution in [3.05, 3.63) is 66.2 Å². The number of piperazine rings is 1. The van der Waals surface area contributed by atoms with Crippen molar-refractivity contribution in [3.8, 4) is 5.75 Å². The Hall–Kier alpha value is -3.17. The van der Waals surface area contributed by atoms with Crippen LogP contribution in [0.25, 0.3) is 0 Å². The van der Waals surface area contributed by atoms with Crippen molar-refractivity contribution >= 4 is 27.3 Å². The van der Waals surface area contributed by atoms with Crippen LogP contribution in [0, 0.1) is 6.92 Å². The molecule has 9 heteroatoms. The number of rotatable bonds is 6. The fraction of sp³-hybridized carbons (Fsp3) is 0.273. The molecule has 2 aromatic carbocycles. The predicted molar refractivity (Wildman–Crippen MR) is 120 cm³/mol. The summed E-state index contributed by atoms with van der Waals surface area (Å²) in [6.07, 6.45) is 0. The highest BCUT2D eigenvalue weighted by atomic mass is 32.2. The van der Waals surface area contributed by atoms with E-state index in [9.17, 15) is 8.42 Å². The Balaban J connectivity index is 1.39. The molecule has 0 bridgehead atoms. The highest BCUT2D eigenvalue weighted by Gasteiger charge is 2.29. The standard InChI is InChI=1S/C22H25N5O3S/c1-17-16-19(8-9-20(17)30-2)31(28,29)27-14-12-26(13-15-27)22-11-10-21(24-25-22)23-18-6-4-3-5-7-18/h3-11,16H,12-15H2,1-2H3,(H,23,24). The minimum atomic E-state index is -3.55. The molecule has 162 valence electrons. The number of anilines is 3. The van der Waals surface area contributed by atoms with Gasteiger partial charge in [0.15, 0.2) is 11.6 Å². The first kappa shape index (κ1) is 21.1. The van der Waals surface area contributed by atoms with Gasteiger partial charge >= 0.3 is 0 Å². The molecule has 2 heterocycles. The van der Waals surface area contributed by atoms with Gasteiger partial charge in [-0.3, -0.25) is 0 Å². The van der Waals surface area contributed by atoms with Crippen LogP contribution in [0.1, 0.15) is 5.56 Å². The molecular weight excluding hydrogens is 414 g/mol. The van der Waals surface area contributed by atoms with Crippen LogP contribution < -0.4 is 15.0 Å². The summed E-state index contributed by atoms with van der Waals surface area (Å²) in [7, 11) is -1.98. The molecule has 0 aliphatic carbocycles. The molecule has 8 nitrogen and oxygen atoms in total. The number of sulfonamides is 1. The third-order valence-electron chi connectivity index (χ3n) is 5.26. The lowest BCUT2D eigenvalue weighted by molar-refractivity contribution is 0.383. The van der Waals surface area contributed by atoms with Crippen molar-refractivity contribution in [1.29, 1.82) is 0 Å². The number of nitrogens with zero attached hydrogens (tertiary/aromatic N) is 4. The smallest absolute Gasteiger partial charge is 0.243 e. The molecule has 1 aliphatic heterocycles. The summed E-state index contributed by atoms with van der Waals surface area (Å²) >= 11 is 0. The molecule has 31 heavy (non-hydrogen) atoms. The van der Waals surface area contributed by atoms with Gasteiger partial charge in [0.2, 0.25) is 10.0 Å². The van der Waals surface area contributed by atoms with E-state index in [1.807, 2.05) is 54.3 Å². The van der Waals surface area contributed by atoms with Gasteiger partial charge < -0.3 is 15.0 Å². The van der Waals surface area contributed by atoms with E-state index in [1.165, 1.54) is 4.31 Å². The number of hydrogen-bond acceptors (Lipinski definition) is 7. The maximum absolute atomic E-state index is 13.0. The maximum Gasteiger partial charge on any atom is 0.243 e. The van der Waals surface area contributed by atoms with Gasteiger partial charge in [-0.1, -0.05) is 18.2 Å². The monoisotopic (exact) mass is 439 g/mol. The van der Waals surface area contributed by atoms with Gasteiger partial charge in [-0.15, -0.1) is 10.2 Å². The van der Waals surface area contributed by atoms with Gasteiger partial charge in [0.05, 0.1) is 12.0 Å². The summed E-state index contributed by atoms with van der Waals surface area (Å²) in [6.45, 7) is 3.71. The van der Waals surface area contributed by atoms with E-state index in [2.05, 4.69) is 15.5 Å². The van der Waals surface area contributed by atoms with E-state index in [-0.39, 0.29) is 4.90 Å². The molecule has 0 unspecified atom stereocenters. The summed E-state index contributed by atoms with van der Waals surface area (Å²) in [5.74, 6) is 2.06. The quantitative estimate of drug-likeness (QED) is 0.632. The van der Waals surface area contributed by atoms with Crippen LogP contribution in [0.5, 0.6) is 5.75 Å². The van der Waals surface area contributed by atoms with Crippen molar-refractivity contribution in [3.63, 3.8) is 0 Å². The zero-order valence-electron chi connectivity index (χ0n) is 17.5. The Morgan fingerprint density at radius 1 is 0.935 bits per heavy atom. The summed E-state index contributed by atoms with van der Waals surface area (Å²) < 4.78 is 32.8. The van der Waals surface area contributed by atoms with E-state index in [0.29, 0.717) is 37.7 Å². The molecule has 0 atom stereocenters. The molecule has 0 spiro atoms. The zero-order chi connectivity index (χ0) is 21.8. The van der Waals surface area contributed by atoms with E-state index in [0.717, 1.165) is 17.1 Å². The second kappa shape index (κ2) is 8.91. The Morgan fingerprint density at radius 3 is 2.29 bits per heavy atom. The average Bonchev–Trinajstić information content (AvgIpc) is 2.80. The molecule has 1 aliphatic rings. The molecule has 0 radical (unpaired) electrons. The number of nitrogens with one attached hydrogen (secondary N) is 1. The van der Waals surface area contributed by atoms with Crippen LogP contribution in [0.15, 0.2) is 65.6 Å². The van der Waals surface area contributed by atoms with Crippen molar-refractivity contribution in [1.82, 2.24) is 14.5 Å². The second-order valence-corrected chi connectivity index (χ2v) is 9.23. The third kappa shape index (κ3) is 4.62. The number of ether oxygens (including phenoxy) is 1. The van der Waals surface area contributed by atoms with Crippen molar-refractivity contribution < 1.29 is 13.2 Å². The predicted octanol–water partition coefficient (Wildman–Crippen LogP) is 3.05. The topological polar surface area (TPSA) is 87.7 Å². The van der Waals surface area contributed by atoms with Crippen LogP contribution in [-0.4, -0.2) is 56.2 Å². The van der Waals surface area contributed by atoms with Gasteiger partial charge in [-0.05, 0) is 55.0 Å². The van der Waals surface area contributed by atoms with Gasteiger partial charge in [-0.2, -0.15) is 4.31 Å². The molecule has 1 saturated heterocycles. The van der Waals surface area contributed by atoms with Crippen LogP contribution in [-0.2, 0) is 10.0 Å². The first-order chi connectivity index (χ1) is 15.0. The molecule has 1 fully saturated rings. The lowest BCUT2D eigenvalue weighted by Gasteiger charge is -2.34. The molecule has 0 saturated carbocycles. The molecule has 1 N–H and O–H groups in total. The zero-order valence-corrected chi connectivity index (χ0v) is 18.3. The van der Waals surface area contributed by atoms with Gasteiger partial charge in [0, 0.05) is 31.9 Å². The minimum absolute atomic E-state index is 0.287. The van der Waals surface area contributed by atoms with Crippen molar-refractivity contribution in [2.75, 3.05) is 43.5 Å². The first-order valence-corrected chi connectivity index (χ1v) is 11.5. The van der Waals surface area contributed by atoms with E-state index < -0.39 is 10.0 Å². The molecule has 3 aromatic rings. The first-order valence-electron chi connectivity index (χ1n) is 10.0. The summed E-state index contributed by atoms with van der Waals surface area (Å²) in [6, 6.07) is 18.5. The number of benzene rings is 2. The Kier molecular flexibility index (Phi) is 6.06.